The topological polar surface area (TPSA) is 114 Å². The van der Waals surface area contributed by atoms with E-state index in [4.69, 9.17) is 10.5 Å². The molecule has 2 aliphatic heterocycles. The van der Waals surface area contributed by atoms with Crippen LogP contribution < -0.4 is 21.3 Å². The quantitative estimate of drug-likeness (QED) is 0.470. The predicted molar refractivity (Wildman–Crippen MR) is 121 cm³/mol. The molecule has 0 aromatic heterocycles. The molecule has 0 radical (unpaired) electrons. The maximum atomic E-state index is 12.4. The van der Waals surface area contributed by atoms with E-state index in [0.29, 0.717) is 54.3 Å². The third kappa shape index (κ3) is 4.61. The van der Waals surface area contributed by atoms with Gasteiger partial charge in [0, 0.05) is 22.8 Å². The zero-order valence-corrected chi connectivity index (χ0v) is 18.0. The van der Waals surface area contributed by atoms with Crippen molar-refractivity contribution in [2.75, 3.05) is 34.8 Å². The first-order valence-electron chi connectivity index (χ1n) is 10.1. The fraction of sp³-hybridized carbons (Fsp3) is 0.318. The normalized spacial score (nSPS) is 17.7. The standard InChI is InChI=1S/C22H24N4O4S/c1-13-4-2-6-16(23)20(13)21(28)24-9-3-5-15-11-26(22(29)30-15)14-7-8-18-17(10-14)25-19(27)12-31-18/h2,4,6-8,10,15H,3,5,9,11-12,23H2,1H3,(H,24,28)(H,25,27)/t15-/m1/s1. The minimum Gasteiger partial charge on any atom is -0.444 e. The van der Waals surface area contributed by atoms with Crippen LogP contribution in [0.2, 0.25) is 0 Å². The first-order valence-corrected chi connectivity index (χ1v) is 11.1. The molecule has 4 N–H and O–H groups in total. The van der Waals surface area contributed by atoms with E-state index in [1.165, 1.54) is 11.8 Å². The van der Waals surface area contributed by atoms with Gasteiger partial charge in [0.25, 0.3) is 5.91 Å². The van der Waals surface area contributed by atoms with Crippen molar-refractivity contribution >= 4 is 46.7 Å². The number of anilines is 3. The van der Waals surface area contributed by atoms with Gasteiger partial charge in [-0.15, -0.1) is 11.8 Å². The minimum absolute atomic E-state index is 0.0500. The molecule has 0 bridgehead atoms. The first-order chi connectivity index (χ1) is 14.9. The molecule has 1 atom stereocenters. The second kappa shape index (κ2) is 8.89. The van der Waals surface area contributed by atoms with Gasteiger partial charge in [0.05, 0.1) is 23.5 Å². The molecule has 162 valence electrons. The van der Waals surface area contributed by atoms with Crippen LogP contribution in [0.4, 0.5) is 21.9 Å². The van der Waals surface area contributed by atoms with Gasteiger partial charge in [0.2, 0.25) is 5.91 Å². The summed E-state index contributed by atoms with van der Waals surface area (Å²) < 4.78 is 5.49. The van der Waals surface area contributed by atoms with Gasteiger partial charge in [-0.05, 0) is 49.6 Å². The van der Waals surface area contributed by atoms with Crippen LogP contribution in [0.15, 0.2) is 41.3 Å². The number of thioether (sulfide) groups is 1. The lowest BCUT2D eigenvalue weighted by Gasteiger charge is -2.20. The van der Waals surface area contributed by atoms with Crippen molar-refractivity contribution in [2.45, 2.75) is 30.8 Å². The Balaban J connectivity index is 1.29. The van der Waals surface area contributed by atoms with E-state index in [-0.39, 0.29) is 17.9 Å². The third-order valence-corrected chi connectivity index (χ3v) is 6.38. The monoisotopic (exact) mass is 440 g/mol. The number of rotatable bonds is 6. The Hall–Kier alpha value is -3.20. The molecule has 2 heterocycles. The highest BCUT2D eigenvalue weighted by molar-refractivity contribution is 8.00. The van der Waals surface area contributed by atoms with Crippen molar-refractivity contribution in [1.29, 1.82) is 0 Å². The number of nitrogen functional groups attached to an aromatic ring is 1. The molecule has 1 fully saturated rings. The Kier molecular flexibility index (Phi) is 6.03. The number of benzene rings is 2. The number of hydrogen-bond acceptors (Lipinski definition) is 6. The lowest BCUT2D eigenvalue weighted by molar-refractivity contribution is -0.113. The number of aryl methyl sites for hydroxylation is 1. The second-order valence-electron chi connectivity index (χ2n) is 7.57. The molecule has 0 aliphatic carbocycles. The Bertz CT molecular complexity index is 1020. The number of fused-ring (bicyclic) bond motifs is 1. The van der Waals surface area contributed by atoms with Gasteiger partial charge < -0.3 is 21.1 Å². The molecule has 0 spiro atoms. The number of cyclic esters (lactones) is 1. The van der Waals surface area contributed by atoms with E-state index >= 15 is 0 Å². The van der Waals surface area contributed by atoms with Gasteiger partial charge in [-0.1, -0.05) is 12.1 Å². The average molecular weight is 441 g/mol. The van der Waals surface area contributed by atoms with Crippen LogP contribution in [0.3, 0.4) is 0 Å². The van der Waals surface area contributed by atoms with Crippen LogP contribution in [-0.2, 0) is 9.53 Å². The number of ether oxygens (including phenoxy) is 1. The Morgan fingerprint density at radius 3 is 2.97 bits per heavy atom. The highest BCUT2D eigenvalue weighted by atomic mass is 32.2. The number of amides is 3. The van der Waals surface area contributed by atoms with Gasteiger partial charge in [0.15, 0.2) is 0 Å². The summed E-state index contributed by atoms with van der Waals surface area (Å²) in [4.78, 5) is 38.9. The number of hydrogen-bond donors (Lipinski definition) is 3. The lowest BCUT2D eigenvalue weighted by atomic mass is 10.1. The maximum absolute atomic E-state index is 12.4. The molecular weight excluding hydrogens is 416 g/mol. The summed E-state index contributed by atoms with van der Waals surface area (Å²) in [5.41, 5.74) is 9.11. The third-order valence-electron chi connectivity index (χ3n) is 5.30. The van der Waals surface area contributed by atoms with E-state index in [2.05, 4.69) is 10.6 Å². The summed E-state index contributed by atoms with van der Waals surface area (Å²) in [7, 11) is 0. The molecule has 0 saturated carbocycles. The Morgan fingerprint density at radius 2 is 2.16 bits per heavy atom. The molecule has 2 aliphatic rings. The summed E-state index contributed by atoms with van der Waals surface area (Å²) in [5, 5.41) is 5.72. The van der Waals surface area contributed by atoms with E-state index in [0.717, 1.165) is 10.5 Å². The van der Waals surface area contributed by atoms with Gasteiger partial charge in [-0.2, -0.15) is 0 Å². The fourth-order valence-corrected chi connectivity index (χ4v) is 4.53. The second-order valence-corrected chi connectivity index (χ2v) is 8.59. The van der Waals surface area contributed by atoms with E-state index in [1.807, 2.05) is 31.2 Å². The summed E-state index contributed by atoms with van der Waals surface area (Å²) in [6, 6.07) is 10.9. The van der Waals surface area contributed by atoms with Gasteiger partial charge in [-0.25, -0.2) is 4.79 Å². The zero-order chi connectivity index (χ0) is 22.0. The largest absolute Gasteiger partial charge is 0.444 e. The van der Waals surface area contributed by atoms with Crippen molar-refractivity contribution in [3.63, 3.8) is 0 Å². The van der Waals surface area contributed by atoms with Gasteiger partial charge >= 0.3 is 6.09 Å². The summed E-state index contributed by atoms with van der Waals surface area (Å²) in [5.74, 6) is 0.147. The smallest absolute Gasteiger partial charge is 0.414 e. The van der Waals surface area contributed by atoms with Crippen LogP contribution in [0.25, 0.3) is 0 Å². The lowest BCUT2D eigenvalue weighted by Crippen LogP contribution is -2.27. The fourth-order valence-electron chi connectivity index (χ4n) is 3.74. The summed E-state index contributed by atoms with van der Waals surface area (Å²) >= 11 is 1.48. The molecule has 9 heteroatoms. The van der Waals surface area contributed by atoms with Gasteiger partial charge in [0.1, 0.15) is 6.10 Å². The number of carbonyl (C=O) groups is 3. The highest BCUT2D eigenvalue weighted by Crippen LogP contribution is 2.35. The average Bonchev–Trinajstić information content (AvgIpc) is 3.11. The van der Waals surface area contributed by atoms with Crippen molar-refractivity contribution < 1.29 is 19.1 Å². The molecular formula is C22H24N4O4S. The first kappa shape index (κ1) is 21.0. The van der Waals surface area contributed by atoms with Crippen molar-refractivity contribution in [3.05, 3.63) is 47.5 Å². The molecule has 2 aromatic carbocycles. The summed E-state index contributed by atoms with van der Waals surface area (Å²) in [6.45, 7) is 2.74. The van der Waals surface area contributed by atoms with Gasteiger partial charge in [-0.3, -0.25) is 14.5 Å². The van der Waals surface area contributed by atoms with E-state index in [9.17, 15) is 14.4 Å². The van der Waals surface area contributed by atoms with E-state index < -0.39 is 6.09 Å². The van der Waals surface area contributed by atoms with E-state index in [1.54, 1.807) is 17.0 Å². The maximum Gasteiger partial charge on any atom is 0.414 e. The molecule has 1 saturated heterocycles. The highest BCUT2D eigenvalue weighted by Gasteiger charge is 2.32. The summed E-state index contributed by atoms with van der Waals surface area (Å²) in [6.07, 6.45) is 0.633. The zero-order valence-electron chi connectivity index (χ0n) is 17.1. The molecule has 0 unspecified atom stereocenters. The van der Waals surface area contributed by atoms with Crippen LogP contribution >= 0.6 is 11.8 Å². The molecule has 4 rings (SSSR count). The molecule has 2 aromatic rings. The van der Waals surface area contributed by atoms with Crippen molar-refractivity contribution in [3.8, 4) is 0 Å². The van der Waals surface area contributed by atoms with Crippen LogP contribution in [0.1, 0.15) is 28.8 Å². The Morgan fingerprint density at radius 1 is 1.32 bits per heavy atom. The molecule has 3 amide bonds. The number of nitrogens with one attached hydrogen (secondary N) is 2. The number of nitrogens with two attached hydrogens (primary N) is 1. The molecule has 31 heavy (non-hydrogen) atoms. The number of carbonyl (C=O) groups excluding carboxylic acids is 3. The van der Waals surface area contributed by atoms with Crippen molar-refractivity contribution in [1.82, 2.24) is 5.32 Å². The minimum atomic E-state index is -0.406. The number of nitrogens with zero attached hydrogens (tertiary/aromatic N) is 1. The predicted octanol–water partition coefficient (Wildman–Crippen LogP) is 3.16. The van der Waals surface area contributed by atoms with Crippen LogP contribution in [-0.4, -0.2) is 42.9 Å². The molecule has 8 nitrogen and oxygen atoms in total. The Labute approximate surface area is 184 Å². The van der Waals surface area contributed by atoms with Crippen molar-refractivity contribution in [2.24, 2.45) is 0 Å². The SMILES string of the molecule is Cc1cccc(N)c1C(=O)NCCC[C@@H]1CN(c2ccc3c(c2)NC(=O)CS3)C(=O)O1. The van der Waals surface area contributed by atoms with Crippen LogP contribution in [0.5, 0.6) is 0 Å². The van der Waals surface area contributed by atoms with Crippen LogP contribution in [0, 0.1) is 6.92 Å².